The van der Waals surface area contributed by atoms with Crippen molar-refractivity contribution in [2.45, 2.75) is 74.1 Å². The van der Waals surface area contributed by atoms with Crippen LogP contribution in [-0.4, -0.2) is 19.8 Å². The molecule has 1 aliphatic carbocycles. The first-order chi connectivity index (χ1) is 15.5. The molecule has 2 N–H and O–H groups in total. The highest BCUT2D eigenvalue weighted by Crippen LogP contribution is 2.25. The fourth-order valence-electron chi connectivity index (χ4n) is 2.79. The summed E-state index contributed by atoms with van der Waals surface area (Å²) in [4.78, 5) is 0. The number of hydrogen-bond acceptors (Lipinski definition) is 2. The van der Waals surface area contributed by atoms with Gasteiger partial charge >= 0.3 is 0 Å². The molecular formula is C30H48N2. The number of nitrogens with one attached hydrogen (secondary N) is 2. The van der Waals surface area contributed by atoms with Gasteiger partial charge in [0.05, 0.1) is 0 Å². The van der Waals surface area contributed by atoms with Gasteiger partial charge in [-0.3, -0.25) is 0 Å². The second-order valence-corrected chi connectivity index (χ2v) is 7.23. The molecule has 3 rings (SSSR count). The summed E-state index contributed by atoms with van der Waals surface area (Å²) >= 11 is 0. The molecule has 1 aliphatic rings. The molecule has 178 valence electrons. The van der Waals surface area contributed by atoms with Crippen molar-refractivity contribution in [2.24, 2.45) is 0 Å². The largest absolute Gasteiger partial charge is 0.323 e. The smallest absolute Gasteiger partial charge is 0.00615 e. The van der Waals surface area contributed by atoms with Crippen molar-refractivity contribution < 1.29 is 0 Å². The zero-order valence-electron chi connectivity index (χ0n) is 22.2. The second-order valence-electron chi connectivity index (χ2n) is 7.23. The Morgan fingerprint density at radius 1 is 0.844 bits per heavy atom. The van der Waals surface area contributed by atoms with Gasteiger partial charge in [-0.05, 0) is 77.2 Å². The number of rotatable bonds is 4. The van der Waals surface area contributed by atoms with Gasteiger partial charge in [0.15, 0.2) is 0 Å². The Bertz CT molecular complexity index is 747. The quantitative estimate of drug-likeness (QED) is 0.462. The molecule has 0 aromatic heterocycles. The number of allylic oxidation sites excluding steroid dienone is 4. The highest BCUT2D eigenvalue weighted by Gasteiger charge is 2.06. The molecule has 0 saturated carbocycles. The van der Waals surface area contributed by atoms with Gasteiger partial charge in [-0.2, -0.15) is 0 Å². The topological polar surface area (TPSA) is 35.9 Å². The third-order valence-corrected chi connectivity index (χ3v) is 4.31. The summed E-state index contributed by atoms with van der Waals surface area (Å²) in [5, 5.41) is 10.3. The summed E-state index contributed by atoms with van der Waals surface area (Å²) < 4.78 is 0. The van der Waals surface area contributed by atoms with Crippen molar-refractivity contribution in [3.63, 3.8) is 0 Å². The van der Waals surface area contributed by atoms with Crippen molar-refractivity contribution in [3.05, 3.63) is 89.0 Å². The molecule has 2 aromatic carbocycles. The van der Waals surface area contributed by atoms with Crippen LogP contribution in [0.3, 0.4) is 0 Å². The Labute approximate surface area is 199 Å². The molecule has 0 unspecified atom stereocenters. The lowest BCUT2D eigenvalue weighted by atomic mass is 9.93. The summed E-state index contributed by atoms with van der Waals surface area (Å²) in [5.41, 5.74) is 7.45. The molecule has 0 fully saturated rings. The van der Waals surface area contributed by atoms with Crippen molar-refractivity contribution in [1.82, 2.24) is 5.32 Å². The molecule has 0 amide bonds. The fraction of sp³-hybridized carbons (Fsp3) is 0.433. The molecule has 0 aliphatic heterocycles. The van der Waals surface area contributed by atoms with Gasteiger partial charge in [-0.25, -0.2) is 0 Å². The molecule has 2 heteroatoms. The van der Waals surface area contributed by atoms with E-state index in [9.17, 15) is 0 Å². The molecule has 0 saturated heterocycles. The van der Waals surface area contributed by atoms with E-state index in [1.54, 1.807) is 0 Å². The lowest BCUT2D eigenvalue weighted by Crippen LogP contribution is -1.98. The van der Waals surface area contributed by atoms with Gasteiger partial charge in [-0.15, -0.1) is 0 Å². The van der Waals surface area contributed by atoms with Crippen LogP contribution >= 0.6 is 0 Å². The molecule has 2 nitrogen and oxygen atoms in total. The first-order valence-corrected chi connectivity index (χ1v) is 12.1. The van der Waals surface area contributed by atoms with Crippen LogP contribution in [-0.2, 0) is 6.42 Å². The van der Waals surface area contributed by atoms with Gasteiger partial charge in [0, 0.05) is 5.71 Å². The average Bonchev–Trinajstić information content (AvgIpc) is 2.84. The predicted octanol–water partition coefficient (Wildman–Crippen LogP) is 8.58. The minimum absolute atomic E-state index is 0.757. The van der Waals surface area contributed by atoms with E-state index in [2.05, 4.69) is 85.9 Å². The Balaban J connectivity index is 0. The zero-order chi connectivity index (χ0) is 24.8. The minimum Gasteiger partial charge on any atom is -0.323 e. The van der Waals surface area contributed by atoms with Gasteiger partial charge < -0.3 is 10.7 Å². The number of hydrogen-bond donors (Lipinski definition) is 2. The van der Waals surface area contributed by atoms with Gasteiger partial charge in [-0.1, -0.05) is 106 Å². The lowest BCUT2D eigenvalue weighted by Gasteiger charge is -2.12. The Hall–Kier alpha value is -2.45. The maximum Gasteiger partial charge on any atom is 0.00615 e. The zero-order valence-corrected chi connectivity index (χ0v) is 22.2. The Morgan fingerprint density at radius 3 is 1.78 bits per heavy atom. The van der Waals surface area contributed by atoms with E-state index in [1.807, 2.05) is 48.7 Å². The highest BCUT2D eigenvalue weighted by atomic mass is 14.7. The number of benzene rings is 2. The van der Waals surface area contributed by atoms with Crippen molar-refractivity contribution in [1.29, 1.82) is 5.41 Å². The Morgan fingerprint density at radius 2 is 1.34 bits per heavy atom. The van der Waals surface area contributed by atoms with Crippen LogP contribution in [0.15, 0.2) is 66.8 Å². The summed E-state index contributed by atoms with van der Waals surface area (Å²) in [5.74, 6) is 0. The summed E-state index contributed by atoms with van der Waals surface area (Å²) in [6.07, 6.45) is 10.9. The molecule has 0 atom stereocenters. The van der Waals surface area contributed by atoms with Crippen LogP contribution < -0.4 is 5.32 Å². The Kier molecular flexibility index (Phi) is 21.6. The van der Waals surface area contributed by atoms with Crippen LogP contribution in [0.1, 0.15) is 76.1 Å². The van der Waals surface area contributed by atoms with E-state index in [0.717, 1.165) is 31.4 Å². The van der Waals surface area contributed by atoms with E-state index in [4.69, 9.17) is 5.41 Å². The van der Waals surface area contributed by atoms with Crippen molar-refractivity contribution in [2.75, 3.05) is 14.1 Å². The van der Waals surface area contributed by atoms with E-state index in [1.165, 1.54) is 27.8 Å². The van der Waals surface area contributed by atoms with E-state index >= 15 is 0 Å². The minimum atomic E-state index is 0.757. The van der Waals surface area contributed by atoms with Gasteiger partial charge in [0.2, 0.25) is 0 Å². The third-order valence-electron chi connectivity index (χ3n) is 4.31. The van der Waals surface area contributed by atoms with Crippen LogP contribution in [0.2, 0.25) is 0 Å². The van der Waals surface area contributed by atoms with Crippen molar-refractivity contribution in [3.8, 4) is 0 Å². The second kappa shape index (κ2) is 21.8. The number of aryl methyl sites for hydroxylation is 3. The molecule has 0 spiro atoms. The molecular weight excluding hydrogens is 388 g/mol. The monoisotopic (exact) mass is 436 g/mol. The van der Waals surface area contributed by atoms with Crippen LogP contribution in [0.25, 0.3) is 5.57 Å². The average molecular weight is 437 g/mol. The highest BCUT2D eigenvalue weighted by molar-refractivity contribution is 5.80. The predicted molar refractivity (Wildman–Crippen MR) is 148 cm³/mol. The van der Waals surface area contributed by atoms with Crippen LogP contribution in [0.4, 0.5) is 0 Å². The first kappa shape index (κ1) is 31.7. The first-order valence-electron chi connectivity index (χ1n) is 12.1. The summed E-state index contributed by atoms with van der Waals surface area (Å²) in [6, 6.07) is 17.0. The van der Waals surface area contributed by atoms with E-state index in [0.29, 0.717) is 0 Å². The van der Waals surface area contributed by atoms with Crippen molar-refractivity contribution >= 4 is 11.3 Å². The SMILES string of the molecule is CC.CC.CC(=N)CCc1ccccc1C1=CCCC=C1.CNC.Cc1ccc(C)cc1. The molecule has 0 bridgehead atoms. The van der Waals surface area contributed by atoms with E-state index in [-0.39, 0.29) is 0 Å². The molecule has 0 heterocycles. The fourth-order valence-corrected chi connectivity index (χ4v) is 2.79. The van der Waals surface area contributed by atoms with Crippen LogP contribution in [0, 0.1) is 19.3 Å². The van der Waals surface area contributed by atoms with Crippen LogP contribution in [0.5, 0.6) is 0 Å². The summed E-state index contributed by atoms with van der Waals surface area (Å²) in [6.45, 7) is 14.1. The summed E-state index contributed by atoms with van der Waals surface area (Å²) in [7, 11) is 3.75. The standard InChI is InChI=1S/C16H19N.C8H10.C2H7N.2C2H6/c1-13(17)11-12-15-9-5-6-10-16(15)14-7-3-2-4-8-14;1-7-3-5-8(2)6-4-7;1-3-2;2*1-2/h3,5-10,17H,2,4,11-12H2,1H3;3-6H,1-2H3;3H,1-2H3;2*1-2H3. The maximum atomic E-state index is 7.53. The van der Waals surface area contributed by atoms with E-state index < -0.39 is 0 Å². The molecule has 0 radical (unpaired) electrons. The molecule has 2 aromatic rings. The normalized spacial score (nSPS) is 11.0. The maximum absolute atomic E-state index is 7.53. The third kappa shape index (κ3) is 15.4. The lowest BCUT2D eigenvalue weighted by molar-refractivity contribution is 1.01. The van der Waals surface area contributed by atoms with Gasteiger partial charge in [0.25, 0.3) is 0 Å². The molecule has 32 heavy (non-hydrogen) atoms. The van der Waals surface area contributed by atoms with Gasteiger partial charge in [0.1, 0.15) is 0 Å².